The first-order chi connectivity index (χ1) is 18.0. The number of ketones is 2. The largest absolute Gasteiger partial charge is 0.511 e. The molecule has 3 aromatic rings. The molecule has 1 heterocycles. The van der Waals surface area contributed by atoms with E-state index in [1.165, 1.54) is 0 Å². The third kappa shape index (κ3) is 5.33. The fraction of sp³-hybridized carbons (Fsp3) is 0.355. The maximum Gasteiger partial charge on any atom is 0.168 e. The smallest absolute Gasteiger partial charge is 0.168 e. The number of hydrogen-bond acceptors (Lipinski definition) is 6. The van der Waals surface area contributed by atoms with Gasteiger partial charge in [0, 0.05) is 44.4 Å². The highest BCUT2D eigenvalue weighted by molar-refractivity contribution is 6.24. The molecule has 0 spiro atoms. The second-order valence-corrected chi connectivity index (χ2v) is 9.96. The van der Waals surface area contributed by atoms with Gasteiger partial charge in [0.05, 0.1) is 16.8 Å². The van der Waals surface area contributed by atoms with E-state index in [1.807, 2.05) is 67.6 Å². The highest BCUT2D eigenvalue weighted by Gasteiger charge is 2.34. The molecule has 2 aliphatic carbocycles. The molecule has 1 N–H and O–H groups in total. The Balaban J connectivity index is 1.34. The second kappa shape index (κ2) is 11.1. The molecular formula is C31H32N2O4. The van der Waals surface area contributed by atoms with Gasteiger partial charge in [-0.25, -0.2) is 0 Å². The third-order valence-corrected chi connectivity index (χ3v) is 7.37. The Kier molecular flexibility index (Phi) is 7.45. The highest BCUT2D eigenvalue weighted by atomic mass is 16.5. The molecule has 2 atom stereocenters. The first kappa shape index (κ1) is 24.9. The lowest BCUT2D eigenvalue weighted by molar-refractivity contribution is -0.116. The van der Waals surface area contributed by atoms with Crippen molar-refractivity contribution in [1.29, 1.82) is 0 Å². The normalized spacial score (nSPS) is 22.2. The van der Waals surface area contributed by atoms with Crippen molar-refractivity contribution in [3.63, 3.8) is 0 Å². The van der Waals surface area contributed by atoms with Crippen molar-refractivity contribution in [2.75, 3.05) is 6.54 Å². The van der Waals surface area contributed by atoms with Crippen LogP contribution in [0, 0.1) is 0 Å². The molecule has 6 heteroatoms. The first-order valence-electron chi connectivity index (χ1n) is 13.1. The van der Waals surface area contributed by atoms with Gasteiger partial charge in [-0.3, -0.25) is 14.6 Å². The van der Waals surface area contributed by atoms with Gasteiger partial charge in [-0.2, -0.15) is 0 Å². The molecule has 37 heavy (non-hydrogen) atoms. The number of Topliss-reactive ketones (excluding diaryl/α,β-unsaturated/α-hetero) is 2. The zero-order chi connectivity index (χ0) is 25.8. The first-order valence-corrected chi connectivity index (χ1v) is 13.1. The number of aliphatic hydroxyl groups excluding tert-OH is 1. The van der Waals surface area contributed by atoms with Gasteiger partial charge in [-0.05, 0) is 35.8 Å². The lowest BCUT2D eigenvalue weighted by Gasteiger charge is -2.26. The van der Waals surface area contributed by atoms with Crippen LogP contribution in [-0.2, 0) is 17.6 Å². The average Bonchev–Trinajstić information content (AvgIpc) is 3.35. The Hall–Kier alpha value is -3.80. The predicted molar refractivity (Wildman–Crippen MR) is 142 cm³/mol. The maximum atomic E-state index is 13.2. The standard InChI is InChI=1S/C31H32N2O4/c1-2-15-32-25-16-22(20-9-5-3-6-10-20)17-27(35)30(25)26(34)14-13-24-31-28(36)18-23(19-29(31)37-33-24)21-11-7-4-8-12-21/h3-12,22-23,34H,2,13-19H2,1H3/b30-26-,32-25?. The second-order valence-electron chi connectivity index (χ2n) is 9.96. The molecule has 0 bridgehead atoms. The van der Waals surface area contributed by atoms with Crippen LogP contribution in [0.5, 0.6) is 0 Å². The van der Waals surface area contributed by atoms with Crippen molar-refractivity contribution in [3.05, 3.63) is 100 Å². The van der Waals surface area contributed by atoms with Crippen LogP contribution in [0.25, 0.3) is 0 Å². The van der Waals surface area contributed by atoms with Gasteiger partial charge in [-0.15, -0.1) is 0 Å². The van der Waals surface area contributed by atoms with Crippen LogP contribution in [0.15, 0.2) is 81.5 Å². The average molecular weight is 497 g/mol. The zero-order valence-electron chi connectivity index (χ0n) is 21.2. The van der Waals surface area contributed by atoms with Crippen molar-refractivity contribution < 1.29 is 19.2 Å². The van der Waals surface area contributed by atoms with Gasteiger partial charge >= 0.3 is 0 Å². The molecule has 2 aromatic carbocycles. The Labute approximate surface area is 217 Å². The zero-order valence-corrected chi connectivity index (χ0v) is 21.2. The number of carbonyl (C=O) groups excluding carboxylic acids is 2. The van der Waals surface area contributed by atoms with Gasteiger partial charge in [0.15, 0.2) is 11.6 Å². The molecule has 0 saturated heterocycles. The van der Waals surface area contributed by atoms with E-state index in [2.05, 4.69) is 10.1 Å². The van der Waals surface area contributed by atoms with Crippen LogP contribution in [-0.4, -0.2) is 34.1 Å². The summed E-state index contributed by atoms with van der Waals surface area (Å²) >= 11 is 0. The summed E-state index contributed by atoms with van der Waals surface area (Å²) in [5.74, 6) is 0.691. The molecule has 1 fully saturated rings. The van der Waals surface area contributed by atoms with Crippen LogP contribution in [0.1, 0.15) is 83.8 Å². The van der Waals surface area contributed by atoms with Gasteiger partial charge in [0.25, 0.3) is 0 Å². The number of fused-ring (bicyclic) bond motifs is 1. The summed E-state index contributed by atoms with van der Waals surface area (Å²) in [6.07, 6.45) is 3.38. The van der Waals surface area contributed by atoms with Gasteiger partial charge in [0.2, 0.25) is 0 Å². The van der Waals surface area contributed by atoms with E-state index in [0.29, 0.717) is 67.0 Å². The van der Waals surface area contributed by atoms with Gasteiger partial charge < -0.3 is 9.63 Å². The summed E-state index contributed by atoms with van der Waals surface area (Å²) < 4.78 is 5.59. The molecule has 0 amide bonds. The van der Waals surface area contributed by atoms with E-state index in [1.54, 1.807) is 0 Å². The third-order valence-electron chi connectivity index (χ3n) is 7.37. The van der Waals surface area contributed by atoms with Crippen LogP contribution in [0.2, 0.25) is 0 Å². The number of hydrogen-bond donors (Lipinski definition) is 1. The summed E-state index contributed by atoms with van der Waals surface area (Å²) in [5.41, 5.74) is 4.34. The number of aliphatic hydroxyl groups is 1. The number of allylic oxidation sites excluding steroid dienone is 2. The topological polar surface area (TPSA) is 92.8 Å². The van der Waals surface area contributed by atoms with E-state index in [-0.39, 0.29) is 35.6 Å². The summed E-state index contributed by atoms with van der Waals surface area (Å²) in [6, 6.07) is 20.0. The lowest BCUT2D eigenvalue weighted by Crippen LogP contribution is -2.27. The van der Waals surface area contributed by atoms with E-state index >= 15 is 0 Å². The summed E-state index contributed by atoms with van der Waals surface area (Å²) in [7, 11) is 0. The van der Waals surface area contributed by atoms with Crippen molar-refractivity contribution in [3.8, 4) is 0 Å². The fourth-order valence-corrected chi connectivity index (χ4v) is 5.51. The van der Waals surface area contributed by atoms with Gasteiger partial charge in [0.1, 0.15) is 11.5 Å². The number of aromatic nitrogens is 1. The van der Waals surface area contributed by atoms with Crippen LogP contribution in [0.4, 0.5) is 0 Å². The maximum absolute atomic E-state index is 13.2. The minimum atomic E-state index is -0.0867. The molecule has 1 saturated carbocycles. The molecule has 6 nitrogen and oxygen atoms in total. The minimum Gasteiger partial charge on any atom is -0.511 e. The summed E-state index contributed by atoms with van der Waals surface area (Å²) in [6.45, 7) is 2.65. The highest BCUT2D eigenvalue weighted by Crippen LogP contribution is 2.36. The molecule has 190 valence electrons. The molecular weight excluding hydrogens is 464 g/mol. The summed E-state index contributed by atoms with van der Waals surface area (Å²) in [4.78, 5) is 31.0. The Morgan fingerprint density at radius 2 is 1.54 bits per heavy atom. The molecule has 5 rings (SSSR count). The Bertz CT molecular complexity index is 1340. The predicted octanol–water partition coefficient (Wildman–Crippen LogP) is 6.33. The Morgan fingerprint density at radius 3 is 2.19 bits per heavy atom. The molecule has 2 unspecified atom stereocenters. The van der Waals surface area contributed by atoms with Crippen LogP contribution >= 0.6 is 0 Å². The van der Waals surface area contributed by atoms with Crippen molar-refractivity contribution in [2.45, 2.75) is 63.7 Å². The number of rotatable bonds is 7. The van der Waals surface area contributed by atoms with Crippen LogP contribution < -0.4 is 0 Å². The minimum absolute atomic E-state index is 0.0168. The van der Waals surface area contributed by atoms with Crippen LogP contribution in [0.3, 0.4) is 0 Å². The number of nitrogens with zero attached hydrogens (tertiary/aromatic N) is 2. The SMILES string of the molecule is CCCN=C1CC(c2ccccc2)CC(=O)/C1=C(\O)CCc1noc2c1C(=O)CC(c1ccccc1)C2. The van der Waals surface area contributed by atoms with E-state index in [4.69, 9.17) is 4.52 Å². The summed E-state index contributed by atoms with van der Waals surface area (Å²) in [5, 5.41) is 15.3. The Morgan fingerprint density at radius 1 is 0.919 bits per heavy atom. The van der Waals surface area contributed by atoms with E-state index in [0.717, 1.165) is 17.5 Å². The van der Waals surface area contributed by atoms with Crippen molar-refractivity contribution in [2.24, 2.45) is 4.99 Å². The number of carbonyl (C=O) groups is 2. The number of aliphatic imine (C=N–C) groups is 1. The fourth-order valence-electron chi connectivity index (χ4n) is 5.51. The molecule has 0 radical (unpaired) electrons. The van der Waals surface area contributed by atoms with Crippen molar-refractivity contribution in [1.82, 2.24) is 5.16 Å². The van der Waals surface area contributed by atoms with E-state index < -0.39 is 0 Å². The van der Waals surface area contributed by atoms with Crippen molar-refractivity contribution >= 4 is 17.3 Å². The van der Waals surface area contributed by atoms with Gasteiger partial charge in [-0.1, -0.05) is 72.7 Å². The lowest BCUT2D eigenvalue weighted by atomic mass is 9.78. The number of benzene rings is 2. The number of aryl methyl sites for hydroxylation is 1. The van der Waals surface area contributed by atoms with E-state index in [9.17, 15) is 14.7 Å². The quantitative estimate of drug-likeness (QED) is 0.305. The molecule has 0 aliphatic heterocycles. The molecule has 2 aliphatic rings. The monoisotopic (exact) mass is 496 g/mol. The molecule has 1 aromatic heterocycles.